The van der Waals surface area contributed by atoms with Crippen molar-refractivity contribution < 1.29 is 8.42 Å². The highest BCUT2D eigenvalue weighted by atomic mass is 127. The van der Waals surface area contributed by atoms with E-state index in [0.717, 1.165) is 5.56 Å². The minimum absolute atomic E-state index is 0.0893. The molecule has 0 aliphatic rings. The van der Waals surface area contributed by atoms with Crippen molar-refractivity contribution in [3.63, 3.8) is 0 Å². The van der Waals surface area contributed by atoms with Gasteiger partial charge in [0.15, 0.2) is 5.03 Å². The van der Waals surface area contributed by atoms with E-state index in [1.54, 1.807) is 13.0 Å². The van der Waals surface area contributed by atoms with Crippen molar-refractivity contribution in [3.8, 4) is 0 Å². The fourth-order valence-corrected chi connectivity index (χ4v) is 2.40. The molecule has 0 fully saturated rings. The zero-order chi connectivity index (χ0) is 9.35. The second kappa shape index (κ2) is 3.47. The van der Waals surface area contributed by atoms with Gasteiger partial charge in [-0.15, -0.1) is 0 Å². The zero-order valence-corrected chi connectivity index (χ0v) is 9.81. The van der Waals surface area contributed by atoms with Crippen molar-refractivity contribution in [2.75, 3.05) is 0 Å². The molecule has 0 amide bonds. The molecule has 0 aliphatic carbocycles. The summed E-state index contributed by atoms with van der Waals surface area (Å²) in [5.74, 6) is 0. The first-order chi connectivity index (χ1) is 5.39. The Morgan fingerprint density at radius 3 is 2.50 bits per heavy atom. The van der Waals surface area contributed by atoms with E-state index in [4.69, 9.17) is 10.7 Å². The van der Waals surface area contributed by atoms with Crippen LogP contribution in [0, 0.1) is 10.6 Å². The van der Waals surface area contributed by atoms with Crippen LogP contribution in [0.15, 0.2) is 17.2 Å². The average molecular weight is 318 g/mol. The van der Waals surface area contributed by atoms with Gasteiger partial charge in [-0.2, -0.15) is 0 Å². The number of rotatable bonds is 1. The van der Waals surface area contributed by atoms with E-state index in [1.165, 1.54) is 6.07 Å². The summed E-state index contributed by atoms with van der Waals surface area (Å²) in [5.41, 5.74) is 0.827. The monoisotopic (exact) mass is 317 g/mol. The lowest BCUT2D eigenvalue weighted by atomic mass is 10.3. The van der Waals surface area contributed by atoms with Crippen molar-refractivity contribution in [2.24, 2.45) is 0 Å². The number of nitrogens with zero attached hydrogens (tertiary/aromatic N) is 1. The first-order valence-electron chi connectivity index (χ1n) is 2.98. The van der Waals surface area contributed by atoms with Crippen molar-refractivity contribution in [2.45, 2.75) is 11.9 Å². The van der Waals surface area contributed by atoms with Crippen LogP contribution in [0.3, 0.4) is 0 Å². The van der Waals surface area contributed by atoms with Crippen molar-refractivity contribution >= 4 is 42.3 Å². The summed E-state index contributed by atoms with van der Waals surface area (Å²) >= 11 is 1.94. The van der Waals surface area contributed by atoms with Crippen LogP contribution in [0.2, 0.25) is 0 Å². The zero-order valence-electron chi connectivity index (χ0n) is 6.08. The molecule has 0 bridgehead atoms. The first kappa shape index (κ1) is 10.2. The topological polar surface area (TPSA) is 47.0 Å². The molecule has 0 saturated carbocycles. The molecule has 6 heteroatoms. The largest absolute Gasteiger partial charge is 0.278 e. The third-order valence-electron chi connectivity index (χ3n) is 1.16. The Balaban J connectivity index is 3.37. The summed E-state index contributed by atoms with van der Waals surface area (Å²) in [5, 5.41) is -0.0893. The SMILES string of the molecule is Cc1cc(I)nc(S(=O)(=O)Cl)c1. The van der Waals surface area contributed by atoms with E-state index in [1.807, 2.05) is 22.6 Å². The number of aryl methyl sites for hydroxylation is 1. The normalized spacial score (nSPS) is 11.6. The quantitative estimate of drug-likeness (QED) is 0.452. The molecule has 0 aromatic carbocycles. The van der Waals surface area contributed by atoms with Crippen LogP contribution in [0.5, 0.6) is 0 Å². The van der Waals surface area contributed by atoms with Gasteiger partial charge < -0.3 is 0 Å². The van der Waals surface area contributed by atoms with Crippen molar-refractivity contribution in [3.05, 3.63) is 21.4 Å². The van der Waals surface area contributed by atoms with Gasteiger partial charge in [-0.05, 0) is 47.2 Å². The van der Waals surface area contributed by atoms with Gasteiger partial charge in [0.25, 0.3) is 9.05 Å². The van der Waals surface area contributed by atoms with Crippen LogP contribution < -0.4 is 0 Å². The van der Waals surface area contributed by atoms with Crippen LogP contribution in [-0.4, -0.2) is 13.4 Å². The Morgan fingerprint density at radius 2 is 2.08 bits per heavy atom. The van der Waals surface area contributed by atoms with Gasteiger partial charge in [0.05, 0.1) is 0 Å². The first-order valence-corrected chi connectivity index (χ1v) is 6.37. The molecule has 1 heterocycles. The number of halogens is 2. The van der Waals surface area contributed by atoms with Crippen LogP contribution in [0.25, 0.3) is 0 Å². The lowest BCUT2D eigenvalue weighted by Gasteiger charge is -1.98. The molecule has 1 aromatic rings. The maximum Gasteiger partial charge on any atom is 0.278 e. The van der Waals surface area contributed by atoms with E-state index in [-0.39, 0.29) is 5.03 Å². The molecule has 12 heavy (non-hydrogen) atoms. The third-order valence-corrected chi connectivity index (χ3v) is 2.90. The lowest BCUT2D eigenvalue weighted by molar-refractivity contribution is 0.605. The highest BCUT2D eigenvalue weighted by Gasteiger charge is 2.12. The van der Waals surface area contributed by atoms with Crippen molar-refractivity contribution in [1.29, 1.82) is 0 Å². The summed E-state index contributed by atoms with van der Waals surface area (Å²) in [4.78, 5) is 3.77. The van der Waals surface area contributed by atoms with Gasteiger partial charge in [-0.3, -0.25) is 0 Å². The van der Waals surface area contributed by atoms with Gasteiger partial charge in [0.2, 0.25) is 0 Å². The summed E-state index contributed by atoms with van der Waals surface area (Å²) < 4.78 is 22.3. The minimum atomic E-state index is -3.69. The second-order valence-corrected chi connectivity index (χ2v) is 5.86. The average Bonchev–Trinajstić information content (AvgIpc) is 1.82. The molecule has 0 N–H and O–H groups in total. The number of aromatic nitrogens is 1. The number of hydrogen-bond donors (Lipinski definition) is 0. The lowest BCUT2D eigenvalue weighted by Crippen LogP contribution is -1.97. The molecule has 0 aliphatic heterocycles. The van der Waals surface area contributed by atoms with Gasteiger partial charge >= 0.3 is 0 Å². The third kappa shape index (κ3) is 2.56. The second-order valence-electron chi connectivity index (χ2n) is 2.24. The molecule has 1 aromatic heterocycles. The van der Waals surface area contributed by atoms with E-state index in [9.17, 15) is 8.42 Å². The fourth-order valence-electron chi connectivity index (χ4n) is 0.719. The van der Waals surface area contributed by atoms with Crippen molar-refractivity contribution in [1.82, 2.24) is 4.98 Å². The highest BCUT2D eigenvalue weighted by Crippen LogP contribution is 2.15. The molecule has 0 unspecified atom stereocenters. The van der Waals surface area contributed by atoms with Gasteiger partial charge in [-0.1, -0.05) is 0 Å². The predicted octanol–water partition coefficient (Wildman–Crippen LogP) is 1.92. The fraction of sp³-hybridized carbons (Fsp3) is 0.167. The van der Waals surface area contributed by atoms with Crippen LogP contribution in [0.1, 0.15) is 5.56 Å². The van der Waals surface area contributed by atoms with E-state index in [0.29, 0.717) is 3.70 Å². The molecular formula is C6H5ClINO2S. The summed E-state index contributed by atoms with van der Waals surface area (Å²) in [6, 6.07) is 3.20. The van der Waals surface area contributed by atoms with E-state index < -0.39 is 9.05 Å². The van der Waals surface area contributed by atoms with Crippen LogP contribution >= 0.6 is 33.3 Å². The van der Waals surface area contributed by atoms with Gasteiger partial charge in [-0.25, -0.2) is 13.4 Å². The standard InChI is InChI=1S/C6H5ClINO2S/c1-4-2-5(8)9-6(3-4)12(7,10)11/h2-3H,1H3. The number of hydrogen-bond acceptors (Lipinski definition) is 3. The molecule has 0 spiro atoms. The maximum atomic E-state index is 10.8. The van der Waals surface area contributed by atoms with Gasteiger partial charge in [0.1, 0.15) is 3.70 Å². The molecule has 1 rings (SSSR count). The van der Waals surface area contributed by atoms with Crippen LogP contribution in [-0.2, 0) is 9.05 Å². The summed E-state index contributed by atoms with van der Waals surface area (Å²) in [6.07, 6.45) is 0. The Kier molecular flexibility index (Phi) is 2.95. The minimum Gasteiger partial charge on any atom is -0.229 e. The smallest absolute Gasteiger partial charge is 0.229 e. The highest BCUT2D eigenvalue weighted by molar-refractivity contribution is 14.1. The molecular weight excluding hydrogens is 312 g/mol. The molecule has 0 atom stereocenters. The summed E-state index contributed by atoms with van der Waals surface area (Å²) in [6.45, 7) is 1.79. The molecule has 66 valence electrons. The van der Waals surface area contributed by atoms with E-state index in [2.05, 4.69) is 4.98 Å². The Labute approximate surface area is 88.7 Å². The molecule has 0 saturated heterocycles. The maximum absolute atomic E-state index is 10.8. The van der Waals surface area contributed by atoms with Gasteiger partial charge in [0, 0.05) is 10.7 Å². The van der Waals surface area contributed by atoms with Crippen LogP contribution in [0.4, 0.5) is 0 Å². The Morgan fingerprint density at radius 1 is 1.50 bits per heavy atom. The molecule has 0 radical (unpaired) electrons. The Hall–Kier alpha value is 0.120. The molecule has 3 nitrogen and oxygen atoms in total. The van der Waals surface area contributed by atoms with E-state index >= 15 is 0 Å². The predicted molar refractivity (Wildman–Crippen MR) is 54.7 cm³/mol. The number of pyridine rings is 1. The summed E-state index contributed by atoms with van der Waals surface area (Å²) in [7, 11) is 1.42. The Bertz CT molecular complexity index is 384.